The first-order valence-corrected chi connectivity index (χ1v) is 7.97. The van der Waals surface area contributed by atoms with Crippen molar-refractivity contribution in [1.29, 1.82) is 0 Å². The van der Waals surface area contributed by atoms with Crippen molar-refractivity contribution in [3.63, 3.8) is 0 Å². The first kappa shape index (κ1) is 16.5. The van der Waals surface area contributed by atoms with Gasteiger partial charge in [-0.1, -0.05) is 15.9 Å². The fraction of sp³-hybridized carbons (Fsp3) is 0.857. The van der Waals surface area contributed by atoms with Gasteiger partial charge in [0.1, 0.15) is 5.78 Å². The molecule has 0 aromatic heterocycles. The third-order valence-corrected chi connectivity index (χ3v) is 3.91. The van der Waals surface area contributed by atoms with E-state index in [-0.39, 0.29) is 17.6 Å². The molecule has 1 rings (SSSR count). The van der Waals surface area contributed by atoms with E-state index >= 15 is 0 Å². The summed E-state index contributed by atoms with van der Waals surface area (Å²) in [6.45, 7) is 6.22. The van der Waals surface area contributed by atoms with Crippen LogP contribution in [0, 0.1) is 11.8 Å². The Hall–Kier alpha value is -0.580. The third-order valence-electron chi connectivity index (χ3n) is 3.36. The standard InChI is InChI=1S/C14H24BrNO3/c1-14(2,3)16-13(18)19-9-10-4-6-11(7-5-10)12(17)8-15/h10-11H,4-9H2,1-3H3,(H,16,18). The van der Waals surface area contributed by atoms with E-state index in [0.29, 0.717) is 23.6 Å². The molecule has 0 aromatic rings. The molecule has 4 nitrogen and oxygen atoms in total. The second-order valence-corrected chi connectivity index (χ2v) is 6.85. The van der Waals surface area contributed by atoms with Crippen molar-refractivity contribution in [2.75, 3.05) is 11.9 Å². The number of rotatable bonds is 4. The molecule has 0 aromatic carbocycles. The van der Waals surface area contributed by atoms with Crippen molar-refractivity contribution in [3.05, 3.63) is 0 Å². The third kappa shape index (κ3) is 6.41. The second-order valence-electron chi connectivity index (χ2n) is 6.29. The first-order valence-electron chi connectivity index (χ1n) is 6.85. The van der Waals surface area contributed by atoms with E-state index in [4.69, 9.17) is 4.74 Å². The number of ether oxygens (including phenoxy) is 1. The summed E-state index contributed by atoms with van der Waals surface area (Å²) in [6.07, 6.45) is 3.41. The van der Waals surface area contributed by atoms with E-state index in [1.54, 1.807) is 0 Å². The maximum atomic E-state index is 11.6. The van der Waals surface area contributed by atoms with Crippen LogP contribution in [-0.2, 0) is 9.53 Å². The van der Waals surface area contributed by atoms with Crippen LogP contribution >= 0.6 is 15.9 Å². The Labute approximate surface area is 123 Å². The fourth-order valence-electron chi connectivity index (χ4n) is 2.30. The zero-order valence-corrected chi connectivity index (χ0v) is 13.6. The molecular formula is C14H24BrNO3. The molecule has 1 N–H and O–H groups in total. The van der Waals surface area contributed by atoms with Gasteiger partial charge in [0.15, 0.2) is 0 Å². The zero-order valence-electron chi connectivity index (χ0n) is 12.0. The average Bonchev–Trinajstić information content (AvgIpc) is 2.34. The molecule has 0 atom stereocenters. The highest BCUT2D eigenvalue weighted by molar-refractivity contribution is 9.09. The zero-order chi connectivity index (χ0) is 14.5. The van der Waals surface area contributed by atoms with E-state index in [1.807, 2.05) is 20.8 Å². The number of halogens is 1. The van der Waals surface area contributed by atoms with Crippen LogP contribution in [0.2, 0.25) is 0 Å². The van der Waals surface area contributed by atoms with Gasteiger partial charge in [0, 0.05) is 11.5 Å². The van der Waals surface area contributed by atoms with E-state index < -0.39 is 0 Å². The van der Waals surface area contributed by atoms with Gasteiger partial charge in [-0.2, -0.15) is 0 Å². The van der Waals surface area contributed by atoms with E-state index in [1.165, 1.54) is 0 Å². The van der Waals surface area contributed by atoms with Crippen LogP contribution in [0.3, 0.4) is 0 Å². The number of carbonyl (C=O) groups excluding carboxylic acids is 2. The minimum atomic E-state index is -0.355. The lowest BCUT2D eigenvalue weighted by Gasteiger charge is -2.27. The molecule has 0 spiro atoms. The van der Waals surface area contributed by atoms with E-state index in [2.05, 4.69) is 21.2 Å². The highest BCUT2D eigenvalue weighted by Gasteiger charge is 2.26. The molecule has 1 fully saturated rings. The van der Waals surface area contributed by atoms with Gasteiger partial charge in [0.2, 0.25) is 0 Å². The summed E-state index contributed by atoms with van der Waals surface area (Å²) in [6, 6.07) is 0. The van der Waals surface area contributed by atoms with Crippen molar-refractivity contribution < 1.29 is 14.3 Å². The minimum absolute atomic E-state index is 0.194. The molecule has 0 bridgehead atoms. The molecule has 1 aliphatic rings. The highest BCUT2D eigenvalue weighted by atomic mass is 79.9. The summed E-state index contributed by atoms with van der Waals surface area (Å²) in [5.74, 6) is 0.883. The Kier molecular flexibility index (Phi) is 6.30. The molecule has 110 valence electrons. The van der Waals surface area contributed by atoms with Gasteiger partial charge in [-0.3, -0.25) is 4.79 Å². The normalized spacial score (nSPS) is 23.8. The van der Waals surface area contributed by atoms with Crippen LogP contribution in [0.1, 0.15) is 46.5 Å². The number of hydrogen-bond donors (Lipinski definition) is 1. The monoisotopic (exact) mass is 333 g/mol. The Bertz CT molecular complexity index is 317. The first-order chi connectivity index (χ1) is 8.81. The highest BCUT2D eigenvalue weighted by Crippen LogP contribution is 2.29. The molecule has 1 saturated carbocycles. The van der Waals surface area contributed by atoms with Gasteiger partial charge in [-0.05, 0) is 52.4 Å². The lowest BCUT2D eigenvalue weighted by Crippen LogP contribution is -2.41. The van der Waals surface area contributed by atoms with Crippen LogP contribution < -0.4 is 5.32 Å². The SMILES string of the molecule is CC(C)(C)NC(=O)OCC1CCC(C(=O)CBr)CC1. The predicted molar refractivity (Wildman–Crippen MR) is 78.5 cm³/mol. The van der Waals surface area contributed by atoms with E-state index in [0.717, 1.165) is 25.7 Å². The second kappa shape index (κ2) is 7.27. The number of hydrogen-bond acceptors (Lipinski definition) is 3. The minimum Gasteiger partial charge on any atom is -0.449 e. The molecule has 1 aliphatic carbocycles. The summed E-state index contributed by atoms with van der Waals surface area (Å²) in [5.41, 5.74) is -0.267. The van der Waals surface area contributed by atoms with Crippen molar-refractivity contribution in [1.82, 2.24) is 5.32 Å². The summed E-state index contributed by atoms with van der Waals surface area (Å²) < 4.78 is 5.24. The van der Waals surface area contributed by atoms with Gasteiger partial charge in [-0.15, -0.1) is 0 Å². The number of amides is 1. The van der Waals surface area contributed by atoms with Gasteiger partial charge in [0.05, 0.1) is 11.9 Å². The summed E-state index contributed by atoms with van der Waals surface area (Å²) in [4.78, 5) is 23.1. The molecule has 0 unspecified atom stereocenters. The molecule has 0 radical (unpaired) electrons. The lowest BCUT2D eigenvalue weighted by molar-refractivity contribution is -0.121. The molecule has 1 amide bonds. The summed E-state index contributed by atoms with van der Waals surface area (Å²) in [5, 5.41) is 3.22. The van der Waals surface area contributed by atoms with E-state index in [9.17, 15) is 9.59 Å². The summed E-state index contributed by atoms with van der Waals surface area (Å²) >= 11 is 3.22. The number of ketones is 1. The Morgan fingerprint density at radius 2 is 1.79 bits per heavy atom. The number of carbonyl (C=O) groups is 2. The van der Waals surface area contributed by atoms with Crippen LogP contribution in [0.15, 0.2) is 0 Å². The molecule has 0 aliphatic heterocycles. The van der Waals surface area contributed by atoms with Crippen molar-refractivity contribution in [2.24, 2.45) is 11.8 Å². The van der Waals surface area contributed by atoms with Crippen molar-refractivity contribution >= 4 is 27.8 Å². The molecule has 0 saturated heterocycles. The number of Topliss-reactive ketones (excluding diaryl/α,β-unsaturated/α-hetero) is 1. The maximum Gasteiger partial charge on any atom is 0.407 e. The van der Waals surface area contributed by atoms with Gasteiger partial charge in [0.25, 0.3) is 0 Å². The quantitative estimate of drug-likeness (QED) is 0.803. The van der Waals surface area contributed by atoms with Crippen LogP contribution in [0.5, 0.6) is 0 Å². The number of nitrogens with one attached hydrogen (secondary N) is 1. The number of alkyl halides is 1. The lowest BCUT2D eigenvalue weighted by atomic mass is 9.81. The maximum absolute atomic E-state index is 11.6. The van der Waals surface area contributed by atoms with Gasteiger partial charge < -0.3 is 10.1 Å². The molecular weight excluding hydrogens is 310 g/mol. The topological polar surface area (TPSA) is 55.4 Å². The molecule has 19 heavy (non-hydrogen) atoms. The fourth-order valence-corrected chi connectivity index (χ4v) is 2.75. The largest absolute Gasteiger partial charge is 0.449 e. The van der Waals surface area contributed by atoms with Crippen LogP contribution in [0.4, 0.5) is 4.79 Å². The van der Waals surface area contributed by atoms with Gasteiger partial charge >= 0.3 is 6.09 Å². The molecule has 0 heterocycles. The Morgan fingerprint density at radius 1 is 1.21 bits per heavy atom. The smallest absolute Gasteiger partial charge is 0.407 e. The van der Waals surface area contributed by atoms with Crippen LogP contribution in [-0.4, -0.2) is 29.4 Å². The average molecular weight is 334 g/mol. The van der Waals surface area contributed by atoms with Crippen molar-refractivity contribution in [3.8, 4) is 0 Å². The molecule has 5 heteroatoms. The van der Waals surface area contributed by atoms with Crippen LogP contribution in [0.25, 0.3) is 0 Å². The van der Waals surface area contributed by atoms with Crippen molar-refractivity contribution in [2.45, 2.75) is 52.0 Å². The summed E-state index contributed by atoms with van der Waals surface area (Å²) in [7, 11) is 0. The number of alkyl carbamates (subject to hydrolysis) is 1. The Balaban J connectivity index is 2.23. The Morgan fingerprint density at radius 3 is 2.26 bits per heavy atom. The van der Waals surface area contributed by atoms with Gasteiger partial charge in [-0.25, -0.2) is 4.79 Å². The predicted octanol–water partition coefficient (Wildman–Crippen LogP) is 3.28.